The van der Waals surface area contributed by atoms with Crippen LogP contribution in [-0.2, 0) is 0 Å². The highest BCUT2D eigenvalue weighted by molar-refractivity contribution is 5.85. The van der Waals surface area contributed by atoms with E-state index in [1.807, 2.05) is 0 Å². The number of benzene rings is 2. The zero-order chi connectivity index (χ0) is 15.5. The van der Waals surface area contributed by atoms with Gasteiger partial charge in [0.15, 0.2) is 5.75 Å². The molecule has 0 fully saturated rings. The van der Waals surface area contributed by atoms with Crippen molar-refractivity contribution in [3.63, 3.8) is 0 Å². The lowest BCUT2D eigenvalue weighted by Crippen LogP contribution is -2.22. The summed E-state index contributed by atoms with van der Waals surface area (Å²) in [6.07, 6.45) is 0. The van der Waals surface area contributed by atoms with Gasteiger partial charge in [-0.05, 0) is 40.3 Å². The lowest BCUT2D eigenvalue weighted by molar-refractivity contribution is -0.255. The van der Waals surface area contributed by atoms with Crippen molar-refractivity contribution in [2.45, 2.75) is 0 Å². The van der Waals surface area contributed by atoms with E-state index in [0.29, 0.717) is 17.1 Å². The third-order valence-corrected chi connectivity index (χ3v) is 2.91. The molecule has 3 aromatic rings. The fraction of sp³-hybridized carbons (Fsp3) is 0. The van der Waals surface area contributed by atoms with Gasteiger partial charge in [-0.2, -0.15) is 4.68 Å². The second-order valence-corrected chi connectivity index (χ2v) is 4.35. The Kier molecular flexibility index (Phi) is 3.40. The van der Waals surface area contributed by atoms with Crippen LogP contribution in [0.15, 0.2) is 48.5 Å². The van der Waals surface area contributed by atoms with E-state index in [-0.39, 0.29) is 11.6 Å². The van der Waals surface area contributed by atoms with E-state index < -0.39 is 5.97 Å². The minimum Gasteiger partial charge on any atom is -0.545 e. The Bertz CT molecular complexity index is 813. The van der Waals surface area contributed by atoms with E-state index >= 15 is 0 Å². The van der Waals surface area contributed by atoms with Gasteiger partial charge in [0.05, 0.1) is 17.3 Å². The molecule has 2 aromatic carbocycles. The number of ether oxygens (including phenoxy) is 1. The van der Waals surface area contributed by atoms with Gasteiger partial charge in [0, 0.05) is 0 Å². The maximum Gasteiger partial charge on any atom is 0.345 e. The van der Waals surface area contributed by atoms with Crippen LogP contribution in [0.3, 0.4) is 0 Å². The van der Waals surface area contributed by atoms with Gasteiger partial charge in [0.25, 0.3) is 0 Å². The molecule has 0 aliphatic rings. The van der Waals surface area contributed by atoms with Gasteiger partial charge in [0.1, 0.15) is 0 Å². The van der Waals surface area contributed by atoms with E-state index in [2.05, 4.69) is 15.5 Å². The van der Waals surface area contributed by atoms with Gasteiger partial charge in [-0.3, -0.25) is 0 Å². The first-order chi connectivity index (χ1) is 10.6. The Morgan fingerprint density at radius 3 is 2.55 bits per heavy atom. The van der Waals surface area contributed by atoms with Crippen molar-refractivity contribution in [3.8, 4) is 17.4 Å². The molecule has 1 aromatic heterocycles. The lowest BCUT2D eigenvalue weighted by Gasteiger charge is -2.08. The van der Waals surface area contributed by atoms with Crippen LogP contribution in [-0.4, -0.2) is 26.2 Å². The Labute approximate surface area is 124 Å². The highest BCUT2D eigenvalue weighted by Gasteiger charge is 2.12. The van der Waals surface area contributed by atoms with Crippen LogP contribution >= 0.6 is 0 Å². The smallest absolute Gasteiger partial charge is 0.345 e. The molecular formula is C14H10N5O3-. The fourth-order valence-electron chi connectivity index (χ4n) is 1.82. The number of nitrogen functional groups attached to an aromatic ring is 1. The predicted molar refractivity (Wildman–Crippen MR) is 74.4 cm³/mol. The first-order valence-corrected chi connectivity index (χ1v) is 6.27. The zero-order valence-electron chi connectivity index (χ0n) is 11.2. The molecule has 0 radical (unpaired) electrons. The summed E-state index contributed by atoms with van der Waals surface area (Å²) in [4.78, 5) is 10.7. The first-order valence-electron chi connectivity index (χ1n) is 6.27. The molecule has 0 saturated carbocycles. The molecular weight excluding hydrogens is 286 g/mol. The molecule has 22 heavy (non-hydrogen) atoms. The largest absolute Gasteiger partial charge is 0.545 e. The van der Waals surface area contributed by atoms with Crippen molar-refractivity contribution in [2.75, 3.05) is 5.73 Å². The summed E-state index contributed by atoms with van der Waals surface area (Å²) in [5, 5.41) is 21.9. The summed E-state index contributed by atoms with van der Waals surface area (Å²) in [5.41, 5.74) is 6.86. The molecule has 110 valence electrons. The number of hydrogen-bond donors (Lipinski definition) is 1. The van der Waals surface area contributed by atoms with Crippen molar-refractivity contribution in [1.82, 2.24) is 20.2 Å². The molecule has 0 atom stereocenters. The lowest BCUT2D eigenvalue weighted by atomic mass is 10.2. The van der Waals surface area contributed by atoms with Crippen molar-refractivity contribution in [2.24, 2.45) is 0 Å². The van der Waals surface area contributed by atoms with Crippen LogP contribution in [0.4, 0.5) is 5.69 Å². The standard InChI is InChI=1S/C14H11N5O3/c15-11-3-1-2-4-12(11)22-14-16-17-18-19(14)10-7-5-9(6-8-10)13(20)21/h1-8H,15H2,(H,20,21)/p-1. The number of rotatable bonds is 4. The maximum atomic E-state index is 10.7. The Morgan fingerprint density at radius 1 is 1.14 bits per heavy atom. The van der Waals surface area contributed by atoms with Crippen LogP contribution in [0.1, 0.15) is 10.4 Å². The minimum atomic E-state index is -1.25. The van der Waals surface area contributed by atoms with Gasteiger partial charge in [-0.15, -0.1) is 0 Å². The number of anilines is 1. The third kappa shape index (κ3) is 2.57. The normalized spacial score (nSPS) is 10.4. The molecule has 0 unspecified atom stereocenters. The Hall–Kier alpha value is -3.42. The third-order valence-electron chi connectivity index (χ3n) is 2.91. The number of para-hydroxylation sites is 2. The molecule has 2 N–H and O–H groups in total. The van der Waals surface area contributed by atoms with Crippen LogP contribution in [0.5, 0.6) is 11.8 Å². The zero-order valence-corrected chi connectivity index (χ0v) is 11.2. The van der Waals surface area contributed by atoms with Gasteiger partial charge < -0.3 is 20.4 Å². The van der Waals surface area contributed by atoms with Crippen LogP contribution in [0, 0.1) is 0 Å². The van der Waals surface area contributed by atoms with Gasteiger partial charge >= 0.3 is 6.01 Å². The van der Waals surface area contributed by atoms with E-state index in [4.69, 9.17) is 10.5 Å². The summed E-state index contributed by atoms with van der Waals surface area (Å²) >= 11 is 0. The Balaban J connectivity index is 1.92. The number of tetrazole rings is 1. The van der Waals surface area contributed by atoms with Crippen LogP contribution < -0.4 is 15.6 Å². The SMILES string of the molecule is Nc1ccccc1Oc1nnnn1-c1ccc(C(=O)[O-])cc1. The quantitative estimate of drug-likeness (QED) is 0.692. The van der Waals surface area contributed by atoms with Crippen molar-refractivity contribution in [3.05, 3.63) is 54.1 Å². The molecule has 0 amide bonds. The molecule has 0 spiro atoms. The van der Waals surface area contributed by atoms with Gasteiger partial charge in [0.2, 0.25) is 0 Å². The average Bonchev–Trinajstić information content (AvgIpc) is 2.98. The average molecular weight is 296 g/mol. The van der Waals surface area contributed by atoms with Crippen molar-refractivity contribution >= 4 is 11.7 Å². The summed E-state index contributed by atoms with van der Waals surface area (Å²) in [6.45, 7) is 0. The topological polar surface area (TPSA) is 119 Å². The van der Waals surface area contributed by atoms with Crippen LogP contribution in [0.2, 0.25) is 0 Å². The van der Waals surface area contributed by atoms with Crippen molar-refractivity contribution in [1.29, 1.82) is 0 Å². The number of nitrogens with zero attached hydrogens (tertiary/aromatic N) is 4. The van der Waals surface area contributed by atoms with E-state index in [0.717, 1.165) is 0 Å². The molecule has 8 nitrogen and oxygen atoms in total. The minimum absolute atomic E-state index is 0.0617. The van der Waals surface area contributed by atoms with Gasteiger partial charge in [-0.25, -0.2) is 0 Å². The number of aromatic nitrogens is 4. The Morgan fingerprint density at radius 2 is 1.86 bits per heavy atom. The van der Waals surface area contributed by atoms with E-state index in [9.17, 15) is 9.90 Å². The number of carbonyl (C=O) groups excluding carboxylic acids is 1. The number of nitrogens with two attached hydrogens (primary N) is 1. The molecule has 0 bridgehead atoms. The summed E-state index contributed by atoms with van der Waals surface area (Å²) in [7, 11) is 0. The molecule has 1 heterocycles. The summed E-state index contributed by atoms with van der Waals surface area (Å²) in [5.74, 6) is -0.832. The van der Waals surface area contributed by atoms with E-state index in [1.54, 1.807) is 36.4 Å². The second kappa shape index (κ2) is 5.52. The monoisotopic (exact) mass is 296 g/mol. The molecule has 8 heteroatoms. The number of carboxylic acid groups (broad SMARTS) is 1. The van der Waals surface area contributed by atoms with Crippen molar-refractivity contribution < 1.29 is 14.6 Å². The predicted octanol–water partition coefficient (Wildman–Crippen LogP) is 0.400. The molecule has 0 aliphatic heterocycles. The van der Waals surface area contributed by atoms with E-state index in [1.165, 1.54) is 16.8 Å². The molecule has 0 aliphatic carbocycles. The molecule has 0 saturated heterocycles. The fourth-order valence-corrected chi connectivity index (χ4v) is 1.82. The number of carbonyl (C=O) groups is 1. The number of hydrogen-bond acceptors (Lipinski definition) is 7. The second-order valence-electron chi connectivity index (χ2n) is 4.35. The summed E-state index contributed by atoms with van der Waals surface area (Å²) < 4.78 is 6.91. The molecule has 3 rings (SSSR count). The first kappa shape index (κ1) is 13.6. The highest BCUT2D eigenvalue weighted by Crippen LogP contribution is 2.26. The number of carboxylic acids is 1. The highest BCUT2D eigenvalue weighted by atomic mass is 16.5. The van der Waals surface area contributed by atoms with Crippen LogP contribution in [0.25, 0.3) is 5.69 Å². The maximum absolute atomic E-state index is 10.7. The van der Waals surface area contributed by atoms with Gasteiger partial charge in [-0.1, -0.05) is 29.4 Å². The number of aromatic carboxylic acids is 1. The summed E-state index contributed by atoms with van der Waals surface area (Å²) in [6, 6.07) is 12.9.